The Morgan fingerprint density at radius 3 is 2.94 bits per heavy atom. The second-order valence-electron chi connectivity index (χ2n) is 9.11. The van der Waals surface area contributed by atoms with Crippen LogP contribution in [0, 0.1) is 0 Å². The van der Waals surface area contributed by atoms with E-state index in [4.69, 9.17) is 4.74 Å². The van der Waals surface area contributed by atoms with Gasteiger partial charge in [0.15, 0.2) is 0 Å². The summed E-state index contributed by atoms with van der Waals surface area (Å²) in [4.78, 5) is 43.5. The second kappa shape index (κ2) is 8.69. The molecule has 180 valence electrons. The Morgan fingerprint density at radius 1 is 1.17 bits per heavy atom. The summed E-state index contributed by atoms with van der Waals surface area (Å²) in [5, 5.41) is 7.45. The third-order valence-corrected chi connectivity index (χ3v) is 7.93. The van der Waals surface area contributed by atoms with E-state index in [1.807, 2.05) is 28.8 Å². The molecule has 1 fully saturated rings. The van der Waals surface area contributed by atoms with Gasteiger partial charge in [-0.25, -0.2) is 9.78 Å². The number of amides is 2. The molecule has 0 unspecified atom stereocenters. The number of para-hydroxylation sites is 1. The van der Waals surface area contributed by atoms with E-state index in [-0.39, 0.29) is 29.7 Å². The number of carbonyl (C=O) groups is 2. The van der Waals surface area contributed by atoms with Gasteiger partial charge in [0.2, 0.25) is 5.91 Å². The smallest absolute Gasteiger partial charge is 0.415 e. The molecule has 0 spiro atoms. The van der Waals surface area contributed by atoms with Crippen molar-refractivity contribution in [1.29, 1.82) is 0 Å². The minimum Gasteiger partial charge on any atom is -0.444 e. The molecular weight excluding hydrogens is 466 g/mol. The van der Waals surface area contributed by atoms with Crippen molar-refractivity contribution in [3.63, 3.8) is 0 Å². The highest BCUT2D eigenvalue weighted by Crippen LogP contribution is 2.38. The average molecular weight is 492 g/mol. The Kier molecular flexibility index (Phi) is 5.49. The molecular formula is C25H25N5O4S. The van der Waals surface area contributed by atoms with Crippen LogP contribution in [0.1, 0.15) is 37.4 Å². The van der Waals surface area contributed by atoms with E-state index in [0.29, 0.717) is 30.4 Å². The van der Waals surface area contributed by atoms with Crippen LogP contribution in [-0.2, 0) is 9.53 Å². The molecule has 1 aromatic carbocycles. The fraction of sp³-hybridized carbons (Fsp3) is 0.360. The number of aromatic nitrogens is 2. The lowest BCUT2D eigenvalue weighted by atomic mass is 10.0. The van der Waals surface area contributed by atoms with Crippen LogP contribution in [0.25, 0.3) is 10.9 Å². The van der Waals surface area contributed by atoms with E-state index in [1.54, 1.807) is 12.1 Å². The van der Waals surface area contributed by atoms with Gasteiger partial charge >= 0.3 is 6.09 Å². The standard InChI is InChI=1S/C25H25N5O4S/c1-14-22(17-6-2-4-15-7-10-21(32)30(14)23(15)17)26-11-3-5-16-12-29(25(33)34-16)19-9-8-18-24(27-19)28-20(31)13-35-18/h2,4,6-10,14,16,22,26H,3,5,11-13H2,1H3,(H,27,28,31)/t14-,16+,22-/m0/s1. The zero-order valence-electron chi connectivity index (χ0n) is 19.2. The van der Waals surface area contributed by atoms with Crippen molar-refractivity contribution >= 4 is 46.3 Å². The van der Waals surface area contributed by atoms with E-state index in [1.165, 1.54) is 16.7 Å². The molecule has 2 N–H and O–H groups in total. The molecule has 0 aliphatic carbocycles. The molecule has 5 heterocycles. The summed E-state index contributed by atoms with van der Waals surface area (Å²) in [6.07, 6.45) is 0.886. The van der Waals surface area contributed by atoms with E-state index in [2.05, 4.69) is 28.6 Å². The fourth-order valence-electron chi connectivity index (χ4n) is 5.24. The third kappa shape index (κ3) is 3.86. The number of nitrogens with zero attached hydrogens (tertiary/aromatic N) is 3. The molecule has 0 radical (unpaired) electrons. The maximum atomic E-state index is 12.5. The first-order valence-corrected chi connectivity index (χ1v) is 12.8. The highest BCUT2D eigenvalue weighted by atomic mass is 32.2. The van der Waals surface area contributed by atoms with Gasteiger partial charge < -0.3 is 19.9 Å². The van der Waals surface area contributed by atoms with Gasteiger partial charge in [0.1, 0.15) is 17.7 Å². The summed E-state index contributed by atoms with van der Waals surface area (Å²) < 4.78 is 7.46. The van der Waals surface area contributed by atoms with E-state index in [0.717, 1.165) is 34.3 Å². The second-order valence-corrected chi connectivity index (χ2v) is 10.1. The third-order valence-electron chi connectivity index (χ3n) is 6.88. The Balaban J connectivity index is 1.07. The molecule has 2 aromatic heterocycles. The molecule has 35 heavy (non-hydrogen) atoms. The zero-order valence-corrected chi connectivity index (χ0v) is 20.0. The van der Waals surface area contributed by atoms with E-state index >= 15 is 0 Å². The van der Waals surface area contributed by atoms with Gasteiger partial charge in [-0.2, -0.15) is 0 Å². The molecule has 0 saturated carbocycles. The Morgan fingerprint density at radius 2 is 2.06 bits per heavy atom. The number of carbonyl (C=O) groups excluding carboxylic acids is 2. The number of ether oxygens (including phenoxy) is 1. The molecule has 3 aromatic rings. The maximum absolute atomic E-state index is 12.5. The summed E-state index contributed by atoms with van der Waals surface area (Å²) in [6.45, 7) is 3.23. The lowest BCUT2D eigenvalue weighted by Gasteiger charge is -2.20. The summed E-state index contributed by atoms with van der Waals surface area (Å²) in [7, 11) is 0. The van der Waals surface area contributed by atoms with E-state index < -0.39 is 6.09 Å². The van der Waals surface area contributed by atoms with Gasteiger partial charge in [0, 0.05) is 6.07 Å². The molecule has 0 bridgehead atoms. The SMILES string of the molecule is C[C@H]1[C@H](NCCC[C@@H]2CN(c3ccc4c(n3)NC(=O)CS4)C(=O)O2)c2cccc3ccc(=O)n1c23. The van der Waals surface area contributed by atoms with Crippen LogP contribution < -0.4 is 21.1 Å². The number of pyridine rings is 2. The molecule has 2 amide bonds. The largest absolute Gasteiger partial charge is 0.444 e. The molecule has 3 aliphatic rings. The van der Waals surface area contributed by atoms with Gasteiger partial charge in [0.05, 0.1) is 34.8 Å². The van der Waals surface area contributed by atoms with Crippen LogP contribution in [0.5, 0.6) is 0 Å². The van der Waals surface area contributed by atoms with Crippen LogP contribution in [0.15, 0.2) is 52.2 Å². The van der Waals surface area contributed by atoms with Crippen LogP contribution in [0.4, 0.5) is 16.4 Å². The highest BCUT2D eigenvalue weighted by molar-refractivity contribution is 8.00. The lowest BCUT2D eigenvalue weighted by molar-refractivity contribution is -0.113. The normalized spacial score (nSPS) is 22.9. The first-order chi connectivity index (χ1) is 17.0. The van der Waals surface area contributed by atoms with Crippen LogP contribution in [0.2, 0.25) is 0 Å². The topological polar surface area (TPSA) is 106 Å². The number of fused-ring (bicyclic) bond motifs is 1. The summed E-state index contributed by atoms with van der Waals surface area (Å²) >= 11 is 1.43. The minimum atomic E-state index is -0.420. The monoisotopic (exact) mass is 491 g/mol. The number of anilines is 2. The molecule has 3 atom stereocenters. The number of hydrogen-bond acceptors (Lipinski definition) is 7. The number of nitrogens with one attached hydrogen (secondary N) is 2. The number of rotatable bonds is 6. The van der Waals surface area contributed by atoms with Gasteiger partial charge in [-0.3, -0.25) is 14.5 Å². The van der Waals surface area contributed by atoms with E-state index in [9.17, 15) is 14.4 Å². The number of benzene rings is 1. The minimum absolute atomic E-state index is 0.0219. The lowest BCUT2D eigenvalue weighted by Crippen LogP contribution is -2.29. The van der Waals surface area contributed by atoms with Crippen molar-refractivity contribution in [2.75, 3.05) is 29.1 Å². The Labute approximate surface area is 205 Å². The predicted octanol–water partition coefficient (Wildman–Crippen LogP) is 3.45. The number of hydrogen-bond donors (Lipinski definition) is 2. The molecule has 3 aliphatic heterocycles. The predicted molar refractivity (Wildman–Crippen MR) is 134 cm³/mol. The molecule has 9 nitrogen and oxygen atoms in total. The van der Waals surface area contributed by atoms with Crippen molar-refractivity contribution in [3.05, 3.63) is 58.4 Å². The number of cyclic esters (lactones) is 1. The zero-order chi connectivity index (χ0) is 24.1. The average Bonchev–Trinajstić information content (AvgIpc) is 3.36. The van der Waals surface area contributed by atoms with Crippen LogP contribution in [-0.4, -0.2) is 46.5 Å². The highest BCUT2D eigenvalue weighted by Gasteiger charge is 2.34. The van der Waals surface area contributed by atoms with Crippen molar-refractivity contribution in [2.45, 2.75) is 42.8 Å². The quantitative estimate of drug-likeness (QED) is 0.509. The van der Waals surface area contributed by atoms with Crippen molar-refractivity contribution < 1.29 is 14.3 Å². The first kappa shape index (κ1) is 22.1. The van der Waals surface area contributed by atoms with Gasteiger partial charge in [-0.05, 0) is 55.5 Å². The van der Waals surface area contributed by atoms with Crippen molar-refractivity contribution in [3.8, 4) is 0 Å². The maximum Gasteiger partial charge on any atom is 0.415 e. The summed E-state index contributed by atoms with van der Waals surface area (Å²) in [5.74, 6) is 1.24. The Bertz CT molecular complexity index is 1410. The van der Waals surface area contributed by atoms with Gasteiger partial charge in [-0.15, -0.1) is 11.8 Å². The number of thioether (sulfide) groups is 1. The summed E-state index contributed by atoms with van der Waals surface area (Å²) in [5.41, 5.74) is 2.18. The van der Waals surface area contributed by atoms with Gasteiger partial charge in [-0.1, -0.05) is 18.2 Å². The van der Waals surface area contributed by atoms with Crippen LogP contribution in [0.3, 0.4) is 0 Å². The first-order valence-electron chi connectivity index (χ1n) is 11.8. The van der Waals surface area contributed by atoms with Crippen molar-refractivity contribution in [2.24, 2.45) is 0 Å². The fourth-order valence-corrected chi connectivity index (χ4v) is 6.00. The molecule has 1 saturated heterocycles. The van der Waals surface area contributed by atoms with Crippen molar-refractivity contribution in [1.82, 2.24) is 14.9 Å². The van der Waals surface area contributed by atoms with Gasteiger partial charge in [0.25, 0.3) is 5.56 Å². The summed E-state index contributed by atoms with van der Waals surface area (Å²) in [6, 6.07) is 13.4. The van der Waals surface area contributed by atoms with Crippen LogP contribution >= 0.6 is 11.8 Å². The molecule has 6 rings (SSSR count). The Hall–Kier alpha value is -3.37. The molecule has 10 heteroatoms.